The summed E-state index contributed by atoms with van der Waals surface area (Å²) >= 11 is 0. The van der Waals surface area contributed by atoms with Gasteiger partial charge < -0.3 is 15.0 Å². The number of halogens is 1. The average molecular weight is 244 g/mol. The summed E-state index contributed by atoms with van der Waals surface area (Å²) < 4.78 is 19.2. The molecule has 3 atom stereocenters. The van der Waals surface area contributed by atoms with Crippen molar-refractivity contribution >= 4 is 6.09 Å². The van der Waals surface area contributed by atoms with Crippen LogP contribution in [0.2, 0.25) is 0 Å². The summed E-state index contributed by atoms with van der Waals surface area (Å²) in [7, 11) is 0. The van der Waals surface area contributed by atoms with Crippen LogP contribution < -0.4 is 5.32 Å². The van der Waals surface area contributed by atoms with Gasteiger partial charge >= 0.3 is 6.09 Å². The predicted molar refractivity (Wildman–Crippen MR) is 62.6 cm³/mol. The third-order valence-electron chi connectivity index (χ3n) is 3.36. The van der Waals surface area contributed by atoms with Gasteiger partial charge in [-0.15, -0.1) is 0 Å². The molecule has 0 radical (unpaired) electrons. The number of nitrogens with one attached hydrogen (secondary N) is 1. The molecule has 0 aromatic rings. The molecule has 1 amide bonds. The van der Waals surface area contributed by atoms with Gasteiger partial charge in [0.25, 0.3) is 0 Å². The van der Waals surface area contributed by atoms with Gasteiger partial charge in [0.05, 0.1) is 6.54 Å². The van der Waals surface area contributed by atoms with Crippen molar-refractivity contribution in [3.63, 3.8) is 0 Å². The molecule has 0 aromatic heterocycles. The third-order valence-corrected chi connectivity index (χ3v) is 3.36. The number of rotatable bonds is 0. The number of amides is 1. The van der Waals surface area contributed by atoms with E-state index in [0.29, 0.717) is 6.54 Å². The van der Waals surface area contributed by atoms with Crippen LogP contribution in [0.1, 0.15) is 20.8 Å². The van der Waals surface area contributed by atoms with E-state index in [1.165, 1.54) is 4.90 Å². The number of carbonyl (C=O) groups excluding carboxylic acids is 1. The topological polar surface area (TPSA) is 41.6 Å². The molecule has 2 rings (SSSR count). The largest absolute Gasteiger partial charge is 0.444 e. The smallest absolute Gasteiger partial charge is 0.410 e. The van der Waals surface area contributed by atoms with E-state index in [1.807, 2.05) is 20.8 Å². The molecule has 2 fully saturated rings. The van der Waals surface area contributed by atoms with Crippen LogP contribution in [0.15, 0.2) is 0 Å². The Labute approximate surface area is 101 Å². The Morgan fingerprint density at radius 2 is 2.06 bits per heavy atom. The summed E-state index contributed by atoms with van der Waals surface area (Å²) in [6, 6.07) is 0. The highest BCUT2D eigenvalue weighted by Gasteiger charge is 2.42. The molecule has 1 N–H and O–H groups in total. The number of hydrogen-bond acceptors (Lipinski definition) is 3. The highest BCUT2D eigenvalue weighted by molar-refractivity contribution is 5.68. The molecule has 5 heteroatoms. The van der Waals surface area contributed by atoms with E-state index in [1.54, 1.807) is 0 Å². The fourth-order valence-electron chi connectivity index (χ4n) is 2.56. The second kappa shape index (κ2) is 4.44. The minimum atomic E-state index is -0.934. The van der Waals surface area contributed by atoms with Crippen LogP contribution in [0.4, 0.5) is 9.18 Å². The van der Waals surface area contributed by atoms with Crippen LogP contribution in [-0.2, 0) is 4.74 Å². The molecule has 2 aliphatic heterocycles. The van der Waals surface area contributed by atoms with Gasteiger partial charge in [-0.2, -0.15) is 0 Å². The maximum Gasteiger partial charge on any atom is 0.410 e. The van der Waals surface area contributed by atoms with E-state index in [-0.39, 0.29) is 18.4 Å². The average Bonchev–Trinajstić information content (AvgIpc) is 2.63. The SMILES string of the molecule is CC(C)(C)OC(=O)N1CC(F)[C@H]2CNC[C@H]2C1. The number of alkyl halides is 1. The second-order valence-electron chi connectivity index (χ2n) is 5.98. The molecule has 4 nitrogen and oxygen atoms in total. The summed E-state index contributed by atoms with van der Waals surface area (Å²) in [5.41, 5.74) is -0.520. The molecule has 2 aliphatic rings. The van der Waals surface area contributed by atoms with Gasteiger partial charge in [-0.3, -0.25) is 0 Å². The van der Waals surface area contributed by atoms with Crippen molar-refractivity contribution in [1.29, 1.82) is 0 Å². The first-order valence-corrected chi connectivity index (χ1v) is 6.19. The fraction of sp³-hybridized carbons (Fsp3) is 0.917. The maximum absolute atomic E-state index is 13.9. The van der Waals surface area contributed by atoms with Crippen LogP contribution in [0, 0.1) is 11.8 Å². The van der Waals surface area contributed by atoms with Crippen molar-refractivity contribution in [2.75, 3.05) is 26.2 Å². The minimum Gasteiger partial charge on any atom is -0.444 e. The number of carbonyl (C=O) groups is 1. The van der Waals surface area contributed by atoms with E-state index in [4.69, 9.17) is 4.74 Å². The zero-order chi connectivity index (χ0) is 12.6. The van der Waals surface area contributed by atoms with Gasteiger partial charge in [0.15, 0.2) is 0 Å². The van der Waals surface area contributed by atoms with Gasteiger partial charge in [-0.05, 0) is 26.7 Å². The fourth-order valence-corrected chi connectivity index (χ4v) is 2.56. The lowest BCUT2D eigenvalue weighted by Gasteiger charge is -2.37. The van der Waals surface area contributed by atoms with E-state index in [0.717, 1.165) is 13.1 Å². The normalized spacial score (nSPS) is 33.4. The summed E-state index contributed by atoms with van der Waals surface area (Å²) in [5.74, 6) is 0.292. The molecule has 98 valence electrons. The molecule has 2 saturated heterocycles. The quantitative estimate of drug-likeness (QED) is 0.700. The van der Waals surface area contributed by atoms with Gasteiger partial charge in [-0.25, -0.2) is 9.18 Å². The monoisotopic (exact) mass is 244 g/mol. The van der Waals surface area contributed by atoms with Crippen molar-refractivity contribution in [2.24, 2.45) is 11.8 Å². The van der Waals surface area contributed by atoms with Crippen molar-refractivity contribution < 1.29 is 13.9 Å². The van der Waals surface area contributed by atoms with Gasteiger partial charge in [0.2, 0.25) is 0 Å². The lowest BCUT2D eigenvalue weighted by atomic mass is 9.87. The van der Waals surface area contributed by atoms with E-state index in [2.05, 4.69) is 5.32 Å². The van der Waals surface area contributed by atoms with Crippen LogP contribution in [0.3, 0.4) is 0 Å². The summed E-state index contributed by atoms with van der Waals surface area (Å²) in [5, 5.41) is 3.18. The number of piperidine rings is 1. The van der Waals surface area contributed by atoms with Gasteiger partial charge in [-0.1, -0.05) is 0 Å². The van der Waals surface area contributed by atoms with Crippen LogP contribution in [-0.4, -0.2) is 48.9 Å². The lowest BCUT2D eigenvalue weighted by Crippen LogP contribution is -2.50. The van der Waals surface area contributed by atoms with Crippen LogP contribution in [0.5, 0.6) is 0 Å². The maximum atomic E-state index is 13.9. The number of likely N-dealkylation sites (tertiary alicyclic amines) is 1. The molecule has 1 unspecified atom stereocenters. The predicted octanol–water partition coefficient (Wildman–Crippen LogP) is 1.41. The van der Waals surface area contributed by atoms with Crippen LogP contribution in [0.25, 0.3) is 0 Å². The summed E-state index contributed by atoms with van der Waals surface area (Å²) in [6.45, 7) is 7.76. The first-order chi connectivity index (χ1) is 7.87. The first-order valence-electron chi connectivity index (χ1n) is 6.19. The number of hydrogen-bond donors (Lipinski definition) is 1. The molecule has 0 aromatic carbocycles. The number of fused-ring (bicyclic) bond motifs is 1. The third kappa shape index (κ3) is 2.89. The Morgan fingerprint density at radius 1 is 1.35 bits per heavy atom. The Balaban J connectivity index is 1.96. The van der Waals surface area contributed by atoms with Crippen molar-refractivity contribution in [3.05, 3.63) is 0 Å². The number of nitrogens with zero attached hydrogens (tertiary/aromatic N) is 1. The Bertz CT molecular complexity index is 303. The molecule has 0 saturated carbocycles. The lowest BCUT2D eigenvalue weighted by molar-refractivity contribution is -0.00171. The Kier molecular flexibility index (Phi) is 3.30. The Hall–Kier alpha value is -0.840. The molecule has 0 aliphatic carbocycles. The molecule has 0 bridgehead atoms. The highest BCUT2D eigenvalue weighted by atomic mass is 19.1. The molecular weight excluding hydrogens is 223 g/mol. The zero-order valence-electron chi connectivity index (χ0n) is 10.7. The second-order valence-corrected chi connectivity index (χ2v) is 5.98. The molecule has 2 heterocycles. The Morgan fingerprint density at radius 3 is 2.71 bits per heavy atom. The number of ether oxygens (including phenoxy) is 1. The van der Waals surface area contributed by atoms with Gasteiger partial charge in [0.1, 0.15) is 11.8 Å². The van der Waals surface area contributed by atoms with Crippen molar-refractivity contribution in [1.82, 2.24) is 10.2 Å². The van der Waals surface area contributed by atoms with E-state index < -0.39 is 17.9 Å². The van der Waals surface area contributed by atoms with Crippen LogP contribution >= 0.6 is 0 Å². The first kappa shape index (κ1) is 12.6. The van der Waals surface area contributed by atoms with E-state index in [9.17, 15) is 9.18 Å². The summed E-state index contributed by atoms with van der Waals surface area (Å²) in [6.07, 6.45) is -1.33. The summed E-state index contributed by atoms with van der Waals surface area (Å²) in [4.78, 5) is 13.4. The standard InChI is InChI=1S/C12H21FN2O2/c1-12(2,3)17-11(16)15-6-8-4-14-5-9(8)10(13)7-15/h8-10,14H,4-7H2,1-3H3/t8-,9-,10?/m0/s1. The molecule has 0 spiro atoms. The zero-order valence-corrected chi connectivity index (χ0v) is 10.7. The highest BCUT2D eigenvalue weighted by Crippen LogP contribution is 2.29. The molecular formula is C12H21FN2O2. The minimum absolute atomic E-state index is 0.0636. The van der Waals surface area contributed by atoms with Crippen molar-refractivity contribution in [2.45, 2.75) is 32.5 Å². The van der Waals surface area contributed by atoms with E-state index >= 15 is 0 Å². The van der Waals surface area contributed by atoms with Crippen molar-refractivity contribution in [3.8, 4) is 0 Å². The van der Waals surface area contributed by atoms with Gasteiger partial charge in [0, 0.05) is 25.6 Å². The molecule has 17 heavy (non-hydrogen) atoms.